The van der Waals surface area contributed by atoms with Gasteiger partial charge in [-0.05, 0) is 146 Å². The van der Waals surface area contributed by atoms with Crippen molar-refractivity contribution in [2.24, 2.45) is 0 Å². The maximum absolute atomic E-state index is 5.09. The van der Waals surface area contributed by atoms with Gasteiger partial charge in [-0.15, -0.1) is 0 Å². The van der Waals surface area contributed by atoms with E-state index in [1.807, 2.05) is 0 Å². The van der Waals surface area contributed by atoms with Crippen LogP contribution >= 0.6 is 0 Å². The average Bonchev–Trinajstić information content (AvgIpc) is 3.94. The molecule has 8 heteroatoms. The zero-order chi connectivity index (χ0) is 33.0. The van der Waals surface area contributed by atoms with Gasteiger partial charge < -0.3 is 19.9 Å². The van der Waals surface area contributed by atoms with E-state index in [1.165, 1.54) is 0 Å². The van der Waals surface area contributed by atoms with Gasteiger partial charge in [0.05, 0.1) is 45.6 Å². The SMILES string of the molecule is C1=Cc2nc1cc1ccc(cc3ccc(cc4nc(c2CCc2c5nc(cc6ccc(cc7ccc(cc8nc2C=C8)[nH]7)[nH]6)C=C5)C=C4)[nH]3)[nH]1. The summed E-state index contributed by atoms with van der Waals surface area (Å²) in [4.78, 5) is 34.3. The lowest BCUT2D eigenvalue weighted by Gasteiger charge is -2.07. The molecular weight excluding hydrogens is 617 g/mol. The molecule has 4 aliphatic rings. The second kappa shape index (κ2) is 11.4. The fourth-order valence-corrected chi connectivity index (χ4v) is 6.89. The van der Waals surface area contributed by atoms with Gasteiger partial charge in [0.2, 0.25) is 0 Å². The van der Waals surface area contributed by atoms with E-state index in [0.29, 0.717) is 12.8 Å². The number of fused-ring (bicyclic) bond motifs is 16. The van der Waals surface area contributed by atoms with Crippen LogP contribution in [0.15, 0.2) is 84.9 Å². The molecule has 0 unspecified atom stereocenters. The normalized spacial score (nSPS) is 13.0. The van der Waals surface area contributed by atoms with Crippen LogP contribution in [-0.2, 0) is 12.8 Å². The van der Waals surface area contributed by atoms with Gasteiger partial charge in [0.25, 0.3) is 0 Å². The van der Waals surface area contributed by atoms with E-state index < -0.39 is 0 Å². The molecule has 0 radical (unpaired) electrons. The Balaban J connectivity index is 1.15. The van der Waals surface area contributed by atoms with Crippen molar-refractivity contribution >= 4 is 92.7 Å². The van der Waals surface area contributed by atoms with Gasteiger partial charge in [0.15, 0.2) is 0 Å². The smallest absolute Gasteiger partial charge is 0.0691 e. The first kappa shape index (κ1) is 28.2. The lowest BCUT2D eigenvalue weighted by molar-refractivity contribution is 0.922. The van der Waals surface area contributed by atoms with E-state index in [0.717, 1.165) is 101 Å². The van der Waals surface area contributed by atoms with Crippen LogP contribution in [0, 0.1) is 0 Å². The molecule has 4 aliphatic heterocycles. The summed E-state index contributed by atoms with van der Waals surface area (Å²) in [5.74, 6) is 0. The largest absolute Gasteiger partial charge is 0.355 e. The van der Waals surface area contributed by atoms with Crippen LogP contribution in [0.2, 0.25) is 0 Å². The molecule has 238 valence electrons. The summed E-state index contributed by atoms with van der Waals surface area (Å²) < 4.78 is 0. The molecule has 10 rings (SSSR count). The summed E-state index contributed by atoms with van der Waals surface area (Å²) in [6.07, 6.45) is 18.1. The Labute approximate surface area is 286 Å². The molecule has 0 aromatic carbocycles. The van der Waals surface area contributed by atoms with E-state index in [9.17, 15) is 0 Å². The first-order valence-corrected chi connectivity index (χ1v) is 16.7. The zero-order valence-corrected chi connectivity index (χ0v) is 26.9. The van der Waals surface area contributed by atoms with E-state index in [2.05, 4.69) is 153 Å². The summed E-state index contributed by atoms with van der Waals surface area (Å²) >= 11 is 0. The molecule has 0 atom stereocenters. The van der Waals surface area contributed by atoms with E-state index in [4.69, 9.17) is 19.9 Å². The summed E-state index contributed by atoms with van der Waals surface area (Å²) in [6, 6.07) is 29.1. The Morgan fingerprint density at radius 3 is 0.800 bits per heavy atom. The van der Waals surface area contributed by atoms with Crippen molar-refractivity contribution in [1.82, 2.24) is 39.9 Å². The summed E-state index contributed by atoms with van der Waals surface area (Å²) in [5, 5.41) is 0. The number of rotatable bonds is 3. The van der Waals surface area contributed by atoms with Crippen LogP contribution in [-0.4, -0.2) is 39.9 Å². The van der Waals surface area contributed by atoms with Crippen molar-refractivity contribution in [3.8, 4) is 0 Å². The molecule has 0 aliphatic carbocycles. The molecule has 50 heavy (non-hydrogen) atoms. The van der Waals surface area contributed by atoms with Crippen LogP contribution in [0.5, 0.6) is 0 Å². The highest BCUT2D eigenvalue weighted by atomic mass is 14.8. The number of hydrogen-bond donors (Lipinski definition) is 4. The molecular formula is C42H30N8. The van der Waals surface area contributed by atoms with Crippen LogP contribution in [0.25, 0.3) is 92.7 Å². The molecule has 6 aromatic rings. The Morgan fingerprint density at radius 2 is 0.540 bits per heavy atom. The predicted octanol–water partition coefficient (Wildman–Crippen LogP) is 9.41. The molecule has 8 nitrogen and oxygen atoms in total. The second-order valence-electron chi connectivity index (χ2n) is 12.8. The lowest BCUT2D eigenvalue weighted by atomic mass is 9.99. The van der Waals surface area contributed by atoms with E-state index in [-0.39, 0.29) is 0 Å². The number of hydrogen-bond acceptors (Lipinski definition) is 4. The zero-order valence-electron chi connectivity index (χ0n) is 26.9. The number of aromatic amines is 4. The van der Waals surface area contributed by atoms with Crippen LogP contribution in [0.4, 0.5) is 0 Å². The van der Waals surface area contributed by atoms with Gasteiger partial charge in [-0.25, -0.2) is 19.9 Å². The Bertz CT molecular complexity index is 2450. The molecule has 0 spiro atoms. The van der Waals surface area contributed by atoms with Crippen molar-refractivity contribution < 1.29 is 0 Å². The minimum absolute atomic E-state index is 0.699. The third-order valence-electron chi connectivity index (χ3n) is 9.27. The van der Waals surface area contributed by atoms with Crippen molar-refractivity contribution in [1.29, 1.82) is 0 Å². The summed E-state index contributed by atoms with van der Waals surface area (Å²) in [6.45, 7) is 0. The first-order chi connectivity index (χ1) is 24.6. The van der Waals surface area contributed by atoms with Crippen LogP contribution in [0.3, 0.4) is 0 Å². The second-order valence-corrected chi connectivity index (χ2v) is 12.8. The highest BCUT2D eigenvalue weighted by molar-refractivity contribution is 5.82. The van der Waals surface area contributed by atoms with Crippen molar-refractivity contribution in [2.75, 3.05) is 0 Å². The Kier molecular flexibility index (Phi) is 6.45. The first-order valence-electron chi connectivity index (χ1n) is 16.7. The van der Waals surface area contributed by atoms with Gasteiger partial charge >= 0.3 is 0 Å². The number of H-pyrrole nitrogens is 4. The van der Waals surface area contributed by atoms with Gasteiger partial charge in [-0.3, -0.25) is 0 Å². The van der Waals surface area contributed by atoms with Gasteiger partial charge in [0.1, 0.15) is 0 Å². The van der Waals surface area contributed by atoms with Gasteiger partial charge in [-0.1, -0.05) is 0 Å². The van der Waals surface area contributed by atoms with Crippen molar-refractivity contribution in [3.63, 3.8) is 0 Å². The minimum atomic E-state index is 0.699. The highest BCUT2D eigenvalue weighted by Gasteiger charge is 2.17. The Morgan fingerprint density at radius 1 is 0.300 bits per heavy atom. The standard InChI is InChI=1S/C42H30N8/c1-5-29-21-33-9-15-39(47-33)37(40-16-10-34(48-40)22-30-6-2-26(44-30)19-25(1)43-29)13-14-38-41-17-11-35(49-41)23-31-7-3-27(45-31)20-28-4-8-32(46-28)24-36-12-18-42(38)50-36/h1-12,15-24,43-46H,13-14H2. The van der Waals surface area contributed by atoms with E-state index >= 15 is 0 Å². The molecule has 0 fully saturated rings. The topological polar surface area (TPSA) is 115 Å². The minimum Gasteiger partial charge on any atom is -0.355 e. The van der Waals surface area contributed by atoms with Gasteiger partial charge in [-0.2, -0.15) is 0 Å². The highest BCUT2D eigenvalue weighted by Crippen LogP contribution is 2.27. The van der Waals surface area contributed by atoms with E-state index in [1.54, 1.807) is 0 Å². The maximum atomic E-state index is 5.09. The number of aromatic nitrogens is 8. The molecule has 0 saturated carbocycles. The van der Waals surface area contributed by atoms with Crippen molar-refractivity contribution in [3.05, 3.63) is 142 Å². The lowest BCUT2D eigenvalue weighted by Crippen LogP contribution is -2.01. The van der Waals surface area contributed by atoms with Gasteiger partial charge in [0, 0.05) is 55.3 Å². The summed E-state index contributed by atoms with van der Waals surface area (Å²) in [5.41, 5.74) is 17.5. The third kappa shape index (κ3) is 5.48. The summed E-state index contributed by atoms with van der Waals surface area (Å²) in [7, 11) is 0. The molecule has 0 saturated heterocycles. The fraction of sp³-hybridized carbons (Fsp3) is 0.0476. The number of nitrogens with zero attached hydrogens (tertiary/aromatic N) is 4. The fourth-order valence-electron chi connectivity index (χ4n) is 6.89. The third-order valence-corrected chi connectivity index (χ3v) is 9.27. The monoisotopic (exact) mass is 646 g/mol. The molecule has 4 N–H and O–H groups in total. The molecule has 6 aromatic heterocycles. The molecule has 10 heterocycles. The molecule has 16 bridgehead atoms. The van der Waals surface area contributed by atoms with Crippen molar-refractivity contribution in [2.45, 2.75) is 12.8 Å². The predicted molar refractivity (Wildman–Crippen MR) is 205 cm³/mol. The maximum Gasteiger partial charge on any atom is 0.0691 e. The van der Waals surface area contributed by atoms with Crippen LogP contribution in [0.1, 0.15) is 56.7 Å². The quantitative estimate of drug-likeness (QED) is 0.153. The molecule has 0 amide bonds. The number of nitrogens with one attached hydrogen (secondary N) is 4. The average molecular weight is 647 g/mol. The van der Waals surface area contributed by atoms with Crippen LogP contribution < -0.4 is 0 Å². The Hall–Kier alpha value is -6.80.